The van der Waals surface area contributed by atoms with Crippen molar-refractivity contribution >= 4 is 34.5 Å². The van der Waals surface area contributed by atoms with Gasteiger partial charge in [0, 0.05) is 24.2 Å². The Labute approximate surface area is 184 Å². The van der Waals surface area contributed by atoms with E-state index in [9.17, 15) is 19.7 Å². The zero-order valence-electron chi connectivity index (χ0n) is 17.4. The molecule has 0 bridgehead atoms. The van der Waals surface area contributed by atoms with Crippen molar-refractivity contribution in [1.29, 1.82) is 0 Å². The Bertz CT molecular complexity index is 1250. The van der Waals surface area contributed by atoms with Crippen molar-refractivity contribution in [3.8, 4) is 5.75 Å². The SMILES string of the molecule is CCCN1C(=O)N/C(=C/c2c(OCc3cccc([N+](=O)[O-])c3)ccc3ccccc23)C1=O. The summed E-state index contributed by atoms with van der Waals surface area (Å²) in [5.41, 5.74) is 1.46. The number of non-ortho nitro benzene ring substituents is 1. The van der Waals surface area contributed by atoms with Gasteiger partial charge in [0.25, 0.3) is 11.6 Å². The fraction of sp³-hybridized carbons (Fsp3) is 0.167. The van der Waals surface area contributed by atoms with Crippen molar-refractivity contribution in [2.75, 3.05) is 6.54 Å². The van der Waals surface area contributed by atoms with Crippen LogP contribution in [0.1, 0.15) is 24.5 Å². The van der Waals surface area contributed by atoms with Crippen LogP contribution in [0.4, 0.5) is 10.5 Å². The summed E-state index contributed by atoms with van der Waals surface area (Å²) in [5, 5.41) is 15.5. The summed E-state index contributed by atoms with van der Waals surface area (Å²) in [7, 11) is 0. The number of urea groups is 1. The van der Waals surface area contributed by atoms with E-state index >= 15 is 0 Å². The number of carbonyl (C=O) groups is 2. The molecule has 3 aromatic rings. The molecule has 0 aliphatic carbocycles. The minimum Gasteiger partial charge on any atom is -0.488 e. The smallest absolute Gasteiger partial charge is 0.329 e. The van der Waals surface area contributed by atoms with Gasteiger partial charge in [-0.25, -0.2) is 4.79 Å². The molecule has 0 aromatic heterocycles. The summed E-state index contributed by atoms with van der Waals surface area (Å²) >= 11 is 0. The molecule has 8 nitrogen and oxygen atoms in total. The highest BCUT2D eigenvalue weighted by molar-refractivity contribution is 6.14. The summed E-state index contributed by atoms with van der Waals surface area (Å²) in [6.07, 6.45) is 2.29. The Morgan fingerprint density at radius 3 is 2.69 bits per heavy atom. The number of nitro groups is 1. The van der Waals surface area contributed by atoms with Gasteiger partial charge < -0.3 is 10.1 Å². The third-order valence-electron chi connectivity index (χ3n) is 5.14. The standard InChI is InChI=1S/C24H21N3O5/c1-2-12-26-23(28)21(25-24(26)29)14-20-19-9-4-3-7-17(19)10-11-22(20)32-15-16-6-5-8-18(13-16)27(30)31/h3-11,13-14H,2,12,15H2,1H3,(H,25,29)/b21-14+. The highest BCUT2D eigenvalue weighted by atomic mass is 16.6. The van der Waals surface area contributed by atoms with Crippen LogP contribution in [0.25, 0.3) is 16.8 Å². The number of amides is 3. The molecule has 32 heavy (non-hydrogen) atoms. The molecule has 3 amide bonds. The Morgan fingerprint density at radius 2 is 1.91 bits per heavy atom. The lowest BCUT2D eigenvalue weighted by Crippen LogP contribution is -2.31. The quantitative estimate of drug-likeness (QED) is 0.254. The van der Waals surface area contributed by atoms with E-state index in [1.54, 1.807) is 24.3 Å². The van der Waals surface area contributed by atoms with Crippen LogP contribution in [0.3, 0.4) is 0 Å². The largest absolute Gasteiger partial charge is 0.488 e. The number of hydrogen-bond donors (Lipinski definition) is 1. The van der Waals surface area contributed by atoms with Crippen molar-refractivity contribution in [1.82, 2.24) is 10.2 Å². The maximum atomic E-state index is 12.7. The van der Waals surface area contributed by atoms with Crippen molar-refractivity contribution in [3.63, 3.8) is 0 Å². The fourth-order valence-corrected chi connectivity index (χ4v) is 3.61. The van der Waals surface area contributed by atoms with Crippen LogP contribution in [0.2, 0.25) is 0 Å². The maximum absolute atomic E-state index is 12.7. The van der Waals surface area contributed by atoms with Gasteiger partial charge in [-0.05, 0) is 34.9 Å². The first-order valence-corrected chi connectivity index (χ1v) is 10.2. The van der Waals surface area contributed by atoms with Crippen molar-refractivity contribution < 1.29 is 19.2 Å². The van der Waals surface area contributed by atoms with Crippen LogP contribution in [0.5, 0.6) is 5.75 Å². The first kappa shape index (κ1) is 21.0. The van der Waals surface area contributed by atoms with Gasteiger partial charge in [0.1, 0.15) is 18.1 Å². The van der Waals surface area contributed by atoms with Crippen LogP contribution in [0, 0.1) is 10.1 Å². The predicted octanol–water partition coefficient (Wildman–Crippen LogP) is 4.63. The lowest BCUT2D eigenvalue weighted by Gasteiger charge is -2.13. The molecule has 1 saturated heterocycles. The zero-order valence-corrected chi connectivity index (χ0v) is 17.4. The van der Waals surface area contributed by atoms with Gasteiger partial charge in [-0.15, -0.1) is 0 Å². The summed E-state index contributed by atoms with van der Waals surface area (Å²) in [5.74, 6) is 0.119. The van der Waals surface area contributed by atoms with Crippen LogP contribution in [0.15, 0.2) is 66.4 Å². The second-order valence-corrected chi connectivity index (χ2v) is 7.36. The van der Waals surface area contributed by atoms with Crippen LogP contribution in [-0.4, -0.2) is 28.3 Å². The molecule has 1 heterocycles. The Kier molecular flexibility index (Phi) is 5.85. The summed E-state index contributed by atoms with van der Waals surface area (Å²) in [6, 6.07) is 17.1. The minimum atomic E-state index is -0.453. The first-order valence-electron chi connectivity index (χ1n) is 10.2. The second-order valence-electron chi connectivity index (χ2n) is 7.36. The van der Waals surface area contributed by atoms with Crippen LogP contribution >= 0.6 is 0 Å². The summed E-state index contributed by atoms with van der Waals surface area (Å²) in [4.78, 5) is 36.7. The normalized spacial score (nSPS) is 14.8. The predicted molar refractivity (Wildman–Crippen MR) is 120 cm³/mol. The lowest BCUT2D eigenvalue weighted by atomic mass is 10.0. The highest BCUT2D eigenvalue weighted by Gasteiger charge is 2.33. The van der Waals surface area contributed by atoms with Gasteiger partial charge in [0.2, 0.25) is 0 Å². The Hall–Kier alpha value is -4.20. The number of imide groups is 1. The molecule has 1 fully saturated rings. The fourth-order valence-electron chi connectivity index (χ4n) is 3.61. The number of carbonyl (C=O) groups excluding carboxylic acids is 2. The molecule has 1 aliphatic heterocycles. The lowest BCUT2D eigenvalue weighted by molar-refractivity contribution is -0.384. The molecule has 162 valence electrons. The number of rotatable bonds is 7. The van der Waals surface area contributed by atoms with Crippen LogP contribution in [-0.2, 0) is 11.4 Å². The third kappa shape index (κ3) is 4.15. The van der Waals surface area contributed by atoms with Crippen molar-refractivity contribution in [2.45, 2.75) is 20.0 Å². The topological polar surface area (TPSA) is 102 Å². The molecule has 1 aliphatic rings. The summed E-state index contributed by atoms with van der Waals surface area (Å²) in [6.45, 7) is 2.35. The molecule has 0 unspecified atom stereocenters. The molecule has 0 radical (unpaired) electrons. The number of nitro benzene ring substituents is 1. The molecule has 1 N–H and O–H groups in total. The van der Waals surface area contributed by atoms with E-state index in [1.165, 1.54) is 17.0 Å². The monoisotopic (exact) mass is 431 g/mol. The Morgan fingerprint density at radius 1 is 1.09 bits per heavy atom. The molecule has 0 atom stereocenters. The molecule has 8 heteroatoms. The van der Waals surface area contributed by atoms with Gasteiger partial charge in [-0.3, -0.25) is 19.8 Å². The Balaban J connectivity index is 1.71. The van der Waals surface area contributed by atoms with Gasteiger partial charge in [0.05, 0.1) is 4.92 Å². The molecular weight excluding hydrogens is 410 g/mol. The average Bonchev–Trinajstić information content (AvgIpc) is 3.06. The van der Waals surface area contributed by atoms with E-state index in [1.807, 2.05) is 37.3 Å². The number of nitrogens with zero attached hydrogens (tertiary/aromatic N) is 2. The van der Waals surface area contributed by atoms with E-state index in [-0.39, 0.29) is 23.9 Å². The van der Waals surface area contributed by atoms with E-state index in [0.29, 0.717) is 29.8 Å². The summed E-state index contributed by atoms with van der Waals surface area (Å²) < 4.78 is 6.01. The second kappa shape index (κ2) is 8.89. The van der Waals surface area contributed by atoms with Gasteiger partial charge in [-0.2, -0.15) is 0 Å². The molecular formula is C24H21N3O5. The van der Waals surface area contributed by atoms with E-state index < -0.39 is 11.0 Å². The first-order chi connectivity index (χ1) is 15.5. The number of ether oxygens (including phenoxy) is 1. The van der Waals surface area contributed by atoms with Crippen molar-refractivity contribution in [2.24, 2.45) is 0 Å². The molecule has 0 saturated carbocycles. The molecule has 3 aromatic carbocycles. The highest BCUT2D eigenvalue weighted by Crippen LogP contribution is 2.31. The van der Waals surface area contributed by atoms with E-state index in [4.69, 9.17) is 4.74 Å². The average molecular weight is 431 g/mol. The van der Waals surface area contributed by atoms with E-state index in [0.717, 1.165) is 10.8 Å². The minimum absolute atomic E-state index is 0.0118. The molecule has 0 spiro atoms. The number of benzene rings is 3. The van der Waals surface area contributed by atoms with Gasteiger partial charge in [0.15, 0.2) is 0 Å². The number of hydrogen-bond acceptors (Lipinski definition) is 5. The maximum Gasteiger partial charge on any atom is 0.329 e. The molecule has 4 rings (SSSR count). The van der Waals surface area contributed by atoms with Crippen LogP contribution < -0.4 is 10.1 Å². The number of fused-ring (bicyclic) bond motifs is 1. The van der Waals surface area contributed by atoms with Crippen molar-refractivity contribution in [3.05, 3.63) is 87.6 Å². The number of nitrogens with one attached hydrogen (secondary N) is 1. The zero-order chi connectivity index (χ0) is 22.7. The van der Waals surface area contributed by atoms with Gasteiger partial charge >= 0.3 is 6.03 Å². The van der Waals surface area contributed by atoms with Gasteiger partial charge in [-0.1, -0.05) is 49.4 Å². The van der Waals surface area contributed by atoms with E-state index in [2.05, 4.69) is 5.32 Å². The third-order valence-corrected chi connectivity index (χ3v) is 5.14.